The van der Waals surface area contributed by atoms with Gasteiger partial charge in [0.25, 0.3) is 5.69 Å². The number of non-ortho nitro benzene ring substituents is 1. The zero-order valence-electron chi connectivity index (χ0n) is 19.0. The van der Waals surface area contributed by atoms with Crippen LogP contribution < -0.4 is 20.4 Å². The summed E-state index contributed by atoms with van der Waals surface area (Å²) in [6, 6.07) is 1.63. The fourth-order valence-electron chi connectivity index (χ4n) is 2.63. The van der Waals surface area contributed by atoms with E-state index in [1.807, 2.05) is 0 Å². The second kappa shape index (κ2) is 25.7. The van der Waals surface area contributed by atoms with Gasteiger partial charge in [0.1, 0.15) is 0 Å². The predicted molar refractivity (Wildman–Crippen MR) is 110 cm³/mol. The Hall–Kier alpha value is -2.98. The molecule has 22 heteroatoms. The Morgan fingerprint density at radius 2 is 1.03 bits per heavy atom. The molecule has 2 radical (unpaired) electrons. The van der Waals surface area contributed by atoms with Gasteiger partial charge in [0, 0.05) is 44.9 Å². The molecule has 1 rings (SSSR count). The van der Waals surface area contributed by atoms with Crippen LogP contribution in [0.15, 0.2) is 12.1 Å². The van der Waals surface area contributed by atoms with Gasteiger partial charge in [-0.1, -0.05) is 5.75 Å². The Kier molecular flexibility index (Phi) is 37.5. The monoisotopic (exact) mass is 661 g/mol. The van der Waals surface area contributed by atoms with E-state index in [1.165, 1.54) is 0 Å². The molecule has 0 saturated carbocycles. The van der Waals surface area contributed by atoms with Crippen LogP contribution in [0, 0.1) is 10.1 Å². The van der Waals surface area contributed by atoms with Gasteiger partial charge in [-0.05, 0) is 11.1 Å². The van der Waals surface area contributed by atoms with E-state index in [0.717, 1.165) is 21.9 Å². The largest absolute Gasteiger partial charge is 2.00 e. The van der Waals surface area contributed by atoms with E-state index in [1.54, 1.807) is 0 Å². The standard InChI is InChI=1S/C16H19N3O11.2Cu.6H2O/c20-12(21)5-17(6-13(22)23)3-9-1-11(19(29)30)2-10(16(9)28)4-18(7-14(24)25)8-15(26)27;;;;;;;;/h1-2,28H,3-8H2,(H,20,21)(H,22,23)(H,24,25)(H,26,27);;;6*1H2/q;2*+2;;;;;;/p-2. The number of nitrogens with zero attached hydrogens (tertiary/aromatic N) is 3. The fraction of sp³-hybridized carbons (Fsp3) is 0.375. The van der Waals surface area contributed by atoms with Gasteiger partial charge >= 0.3 is 40.1 Å². The van der Waals surface area contributed by atoms with E-state index >= 15 is 0 Å². The Labute approximate surface area is 234 Å². The molecule has 230 valence electrons. The fourth-order valence-corrected chi connectivity index (χ4v) is 2.63. The van der Waals surface area contributed by atoms with Crippen molar-refractivity contribution in [1.29, 1.82) is 0 Å². The molecule has 0 aromatic heterocycles. The third-order valence-electron chi connectivity index (χ3n) is 3.64. The van der Waals surface area contributed by atoms with E-state index in [2.05, 4.69) is 0 Å². The minimum atomic E-state index is -1.67. The van der Waals surface area contributed by atoms with Crippen molar-refractivity contribution in [2.45, 2.75) is 13.1 Å². The summed E-state index contributed by atoms with van der Waals surface area (Å²) in [7, 11) is 0. The van der Waals surface area contributed by atoms with Crippen LogP contribution in [0.1, 0.15) is 11.1 Å². The maximum atomic E-state index is 12.6. The molecule has 0 aliphatic carbocycles. The second-order valence-electron chi connectivity index (χ2n) is 6.15. The number of benzene rings is 1. The average molecular weight is 663 g/mol. The first-order valence-electron chi connectivity index (χ1n) is 8.12. The number of carbonyl (C=O) groups is 4. The summed E-state index contributed by atoms with van der Waals surface area (Å²) in [6.45, 7) is -4.76. The molecule has 0 fully saturated rings. The molecule has 1 aromatic rings. The molecule has 0 aliphatic rings. The number of carbonyl (C=O) groups excluding carboxylic acids is 3. The third-order valence-corrected chi connectivity index (χ3v) is 3.64. The van der Waals surface area contributed by atoms with E-state index in [9.17, 15) is 49.7 Å². The molecule has 0 amide bonds. The van der Waals surface area contributed by atoms with Crippen molar-refractivity contribution in [3.8, 4) is 5.75 Å². The predicted octanol–water partition coefficient (Wildman–Crippen LogP) is -10.5. The Morgan fingerprint density at radius 3 is 1.26 bits per heavy atom. The zero-order valence-corrected chi connectivity index (χ0v) is 20.9. The van der Waals surface area contributed by atoms with Gasteiger partial charge < -0.3 is 72.8 Å². The van der Waals surface area contributed by atoms with Gasteiger partial charge in [-0.25, -0.2) is 0 Å². The summed E-state index contributed by atoms with van der Waals surface area (Å²) in [6.07, 6.45) is 0. The number of carboxylic acids is 4. The van der Waals surface area contributed by atoms with Gasteiger partial charge in [-0.3, -0.25) is 24.7 Å². The SMILES string of the molecule is O.O.O.O.O=C([O-])CN(CC(=O)[O-])Cc1cc([N+](=O)[O-])cc(CN(CC(=O)[O-])CC(=O)O)c1[O-].[Cu+2].[Cu+2].[OH3+].[OH3+]. The van der Waals surface area contributed by atoms with E-state index in [4.69, 9.17) is 5.11 Å². The first-order chi connectivity index (χ1) is 13.9. The van der Waals surface area contributed by atoms with Crippen LogP contribution >= 0.6 is 0 Å². The molecule has 0 heterocycles. The summed E-state index contributed by atoms with van der Waals surface area (Å²) in [5, 5.41) is 65.0. The van der Waals surface area contributed by atoms with Crippen molar-refractivity contribution >= 4 is 29.6 Å². The van der Waals surface area contributed by atoms with Crippen LogP contribution in [-0.4, -0.2) is 91.8 Å². The zero-order chi connectivity index (χ0) is 23.0. The van der Waals surface area contributed by atoms with Crippen molar-refractivity contribution in [2.24, 2.45) is 0 Å². The second-order valence-corrected chi connectivity index (χ2v) is 6.15. The number of hydrogen-bond donors (Lipinski definition) is 1. The molecule has 0 spiro atoms. The first kappa shape index (κ1) is 55.5. The minimum Gasteiger partial charge on any atom is -0.872 e. The summed E-state index contributed by atoms with van der Waals surface area (Å²) < 4.78 is 0. The summed E-state index contributed by atoms with van der Waals surface area (Å²) >= 11 is 0. The maximum absolute atomic E-state index is 12.6. The molecule has 38 heavy (non-hydrogen) atoms. The van der Waals surface area contributed by atoms with Crippen molar-refractivity contribution < 1.29 is 117 Å². The van der Waals surface area contributed by atoms with Gasteiger partial charge in [0.05, 0.1) is 29.4 Å². The molecule has 0 aliphatic heterocycles. The summed E-state index contributed by atoms with van der Waals surface area (Å²) in [4.78, 5) is 55.0. The average Bonchev–Trinajstić information content (AvgIpc) is 2.55. The van der Waals surface area contributed by atoms with Crippen molar-refractivity contribution in [2.75, 3.05) is 26.2 Å². The number of hydrogen-bond acceptors (Lipinski definition) is 12. The summed E-state index contributed by atoms with van der Waals surface area (Å²) in [5.41, 5.74) is -1.32. The minimum absolute atomic E-state index is 0. The van der Waals surface area contributed by atoms with Crippen molar-refractivity contribution in [3.05, 3.63) is 33.4 Å². The first-order valence-corrected chi connectivity index (χ1v) is 8.12. The van der Waals surface area contributed by atoms with Gasteiger partial charge in [0.2, 0.25) is 0 Å². The Morgan fingerprint density at radius 1 is 0.737 bits per heavy atom. The number of nitro groups is 1. The molecule has 0 saturated heterocycles. The van der Waals surface area contributed by atoms with E-state index in [-0.39, 0.29) is 78.1 Å². The van der Waals surface area contributed by atoms with E-state index in [0.29, 0.717) is 0 Å². The van der Waals surface area contributed by atoms with Crippen molar-refractivity contribution in [1.82, 2.24) is 9.80 Å². The molecule has 15 N–H and O–H groups in total. The summed E-state index contributed by atoms with van der Waals surface area (Å²) in [5.74, 6) is -7.30. The van der Waals surface area contributed by atoms with Gasteiger partial charge in [-0.15, -0.1) is 0 Å². The molecule has 0 unspecified atom stereocenters. The van der Waals surface area contributed by atoms with E-state index < -0.39 is 79.5 Å². The molecule has 20 nitrogen and oxygen atoms in total. The third kappa shape index (κ3) is 20.1. The topological polar surface area (TPSA) is 422 Å². The Balaban J connectivity index is -0.000000187. The number of rotatable bonds is 13. The molecular weight excluding hydrogens is 633 g/mol. The van der Waals surface area contributed by atoms with Gasteiger partial charge in [-0.2, -0.15) is 0 Å². The number of nitro benzene ring substituents is 1. The van der Waals surface area contributed by atoms with Crippen LogP contribution in [0.25, 0.3) is 0 Å². The quantitative estimate of drug-likeness (QED) is 0.0888. The van der Waals surface area contributed by atoms with Crippen LogP contribution in [0.4, 0.5) is 5.69 Å². The smallest absolute Gasteiger partial charge is 0.872 e. The number of carboxylic acid groups (broad SMARTS) is 4. The van der Waals surface area contributed by atoms with Crippen LogP contribution in [0.2, 0.25) is 0 Å². The van der Waals surface area contributed by atoms with Crippen LogP contribution in [0.3, 0.4) is 0 Å². The molecular formula is C16H29Cu2N3O17+2. The number of aliphatic carboxylic acids is 4. The molecule has 0 bridgehead atoms. The molecule has 1 aromatic carbocycles. The molecule has 0 atom stereocenters. The normalized spacial score (nSPS) is 8.58. The maximum Gasteiger partial charge on any atom is 2.00 e. The van der Waals surface area contributed by atoms with Gasteiger partial charge in [0.15, 0.2) is 0 Å². The van der Waals surface area contributed by atoms with Crippen LogP contribution in [0.5, 0.6) is 5.75 Å². The Bertz CT molecular complexity index is 783. The van der Waals surface area contributed by atoms with Crippen LogP contribution in [-0.2, 0) is 77.4 Å². The van der Waals surface area contributed by atoms with Crippen molar-refractivity contribution in [3.63, 3.8) is 0 Å².